The van der Waals surface area contributed by atoms with Gasteiger partial charge in [-0.2, -0.15) is 0 Å². The van der Waals surface area contributed by atoms with Gasteiger partial charge in [-0.3, -0.25) is 0 Å². The number of ether oxygens (including phenoxy) is 2. The minimum absolute atomic E-state index is 0.0890. The molecule has 0 aliphatic rings. The summed E-state index contributed by atoms with van der Waals surface area (Å²) in [4.78, 5) is 11.7. The number of aryl methyl sites for hydroxylation is 1. The summed E-state index contributed by atoms with van der Waals surface area (Å²) in [6.07, 6.45) is 0. The molecule has 2 rings (SSSR count). The lowest BCUT2D eigenvalue weighted by molar-refractivity contribution is 0.234. The van der Waals surface area contributed by atoms with Gasteiger partial charge in [-0.25, -0.2) is 4.79 Å². The largest absolute Gasteiger partial charge is 0.494 e. The van der Waals surface area contributed by atoms with Crippen molar-refractivity contribution in [2.45, 2.75) is 13.8 Å². The van der Waals surface area contributed by atoms with Crippen molar-refractivity contribution >= 4 is 11.7 Å². The second-order valence-corrected chi connectivity index (χ2v) is 4.69. The summed E-state index contributed by atoms with van der Waals surface area (Å²) < 4.78 is 10.8. The molecule has 0 fully saturated rings. The molecule has 0 aromatic heterocycles. The SMILES string of the molecule is CCOc1ccc(OCNC(=O)Nc2ccc(C)cc2)cc1. The van der Waals surface area contributed by atoms with E-state index in [1.807, 2.05) is 50.2 Å². The van der Waals surface area contributed by atoms with Crippen LogP contribution in [0.3, 0.4) is 0 Å². The van der Waals surface area contributed by atoms with Gasteiger partial charge in [0.15, 0.2) is 6.73 Å². The number of carbonyl (C=O) groups is 1. The highest BCUT2D eigenvalue weighted by Crippen LogP contribution is 2.17. The Morgan fingerprint density at radius 3 is 2.14 bits per heavy atom. The topological polar surface area (TPSA) is 59.6 Å². The average molecular weight is 300 g/mol. The lowest BCUT2D eigenvalue weighted by Gasteiger charge is -2.10. The summed E-state index contributed by atoms with van der Waals surface area (Å²) in [5.74, 6) is 1.46. The first-order chi connectivity index (χ1) is 10.7. The van der Waals surface area contributed by atoms with Crippen LogP contribution in [0, 0.1) is 6.92 Å². The zero-order valence-corrected chi connectivity index (χ0v) is 12.8. The Bertz CT molecular complexity index is 594. The Balaban J connectivity index is 1.73. The Labute approximate surface area is 130 Å². The number of carbonyl (C=O) groups excluding carboxylic acids is 1. The van der Waals surface area contributed by atoms with Crippen LogP contribution in [0.5, 0.6) is 11.5 Å². The van der Waals surface area contributed by atoms with Crippen molar-refractivity contribution in [3.05, 3.63) is 54.1 Å². The molecule has 2 aromatic carbocycles. The Morgan fingerprint density at radius 1 is 0.955 bits per heavy atom. The third-order valence-corrected chi connectivity index (χ3v) is 2.92. The zero-order chi connectivity index (χ0) is 15.8. The molecular weight excluding hydrogens is 280 g/mol. The van der Waals surface area contributed by atoms with Gasteiger partial charge in [-0.1, -0.05) is 17.7 Å². The first kappa shape index (κ1) is 15.7. The molecule has 2 amide bonds. The number of hydrogen-bond donors (Lipinski definition) is 2. The van der Waals surface area contributed by atoms with Crippen LogP contribution in [-0.4, -0.2) is 19.4 Å². The van der Waals surface area contributed by atoms with Crippen LogP contribution < -0.4 is 20.1 Å². The van der Waals surface area contributed by atoms with Gasteiger partial charge in [-0.15, -0.1) is 0 Å². The molecule has 116 valence electrons. The minimum atomic E-state index is -0.310. The smallest absolute Gasteiger partial charge is 0.321 e. The number of benzene rings is 2. The molecule has 22 heavy (non-hydrogen) atoms. The van der Waals surface area contributed by atoms with Crippen LogP contribution in [0.4, 0.5) is 10.5 Å². The molecule has 0 saturated heterocycles. The molecule has 0 radical (unpaired) electrons. The van der Waals surface area contributed by atoms with E-state index in [4.69, 9.17) is 9.47 Å². The Kier molecular flexibility index (Phi) is 5.65. The van der Waals surface area contributed by atoms with E-state index in [-0.39, 0.29) is 12.8 Å². The third-order valence-electron chi connectivity index (χ3n) is 2.92. The van der Waals surface area contributed by atoms with Gasteiger partial charge in [-0.05, 0) is 50.2 Å². The molecule has 0 bridgehead atoms. The number of urea groups is 1. The number of rotatable bonds is 6. The van der Waals surface area contributed by atoms with Gasteiger partial charge in [0.2, 0.25) is 0 Å². The van der Waals surface area contributed by atoms with E-state index in [0.717, 1.165) is 17.0 Å². The monoisotopic (exact) mass is 300 g/mol. The van der Waals surface area contributed by atoms with Crippen molar-refractivity contribution in [3.63, 3.8) is 0 Å². The number of amides is 2. The van der Waals surface area contributed by atoms with Crippen molar-refractivity contribution in [2.24, 2.45) is 0 Å². The molecule has 0 aliphatic heterocycles. The molecule has 0 unspecified atom stereocenters. The number of anilines is 1. The second kappa shape index (κ2) is 7.93. The number of hydrogen-bond acceptors (Lipinski definition) is 3. The average Bonchev–Trinajstić information content (AvgIpc) is 2.52. The first-order valence-electron chi connectivity index (χ1n) is 7.14. The van der Waals surface area contributed by atoms with Gasteiger partial charge in [0.25, 0.3) is 0 Å². The van der Waals surface area contributed by atoms with Crippen LogP contribution in [0.15, 0.2) is 48.5 Å². The summed E-state index contributed by atoms with van der Waals surface area (Å²) in [6.45, 7) is 4.64. The maximum absolute atomic E-state index is 11.7. The molecule has 0 spiro atoms. The van der Waals surface area contributed by atoms with Gasteiger partial charge in [0.05, 0.1) is 6.61 Å². The van der Waals surface area contributed by atoms with Gasteiger partial charge >= 0.3 is 6.03 Å². The van der Waals surface area contributed by atoms with E-state index in [1.54, 1.807) is 12.1 Å². The highest BCUT2D eigenvalue weighted by atomic mass is 16.5. The van der Waals surface area contributed by atoms with E-state index in [1.165, 1.54) is 0 Å². The van der Waals surface area contributed by atoms with E-state index < -0.39 is 0 Å². The van der Waals surface area contributed by atoms with Crippen molar-refractivity contribution in [1.82, 2.24) is 5.32 Å². The predicted octanol–water partition coefficient (Wildman–Crippen LogP) is 3.55. The second-order valence-electron chi connectivity index (χ2n) is 4.69. The number of nitrogens with one attached hydrogen (secondary N) is 2. The van der Waals surface area contributed by atoms with Gasteiger partial charge in [0.1, 0.15) is 11.5 Å². The molecule has 0 heterocycles. The fourth-order valence-corrected chi connectivity index (χ4v) is 1.80. The molecule has 0 atom stereocenters. The van der Waals surface area contributed by atoms with E-state index in [2.05, 4.69) is 10.6 Å². The van der Waals surface area contributed by atoms with E-state index in [0.29, 0.717) is 12.4 Å². The van der Waals surface area contributed by atoms with Crippen molar-refractivity contribution in [2.75, 3.05) is 18.7 Å². The maximum atomic E-state index is 11.7. The maximum Gasteiger partial charge on any atom is 0.321 e. The highest BCUT2D eigenvalue weighted by molar-refractivity contribution is 5.89. The normalized spacial score (nSPS) is 9.91. The molecule has 0 aliphatic carbocycles. The van der Waals surface area contributed by atoms with Gasteiger partial charge < -0.3 is 20.1 Å². The molecule has 0 saturated carbocycles. The van der Waals surface area contributed by atoms with Crippen LogP contribution in [0.25, 0.3) is 0 Å². The first-order valence-corrected chi connectivity index (χ1v) is 7.14. The quantitative estimate of drug-likeness (QED) is 0.802. The highest BCUT2D eigenvalue weighted by Gasteiger charge is 2.01. The van der Waals surface area contributed by atoms with Crippen molar-refractivity contribution in [1.29, 1.82) is 0 Å². The molecule has 5 heteroatoms. The summed E-state index contributed by atoms with van der Waals surface area (Å²) in [7, 11) is 0. The fourth-order valence-electron chi connectivity index (χ4n) is 1.80. The lowest BCUT2D eigenvalue weighted by Crippen LogP contribution is -2.31. The Morgan fingerprint density at radius 2 is 1.55 bits per heavy atom. The van der Waals surface area contributed by atoms with Crippen LogP contribution in [0.1, 0.15) is 12.5 Å². The summed E-state index contributed by atoms with van der Waals surface area (Å²) in [5.41, 5.74) is 1.88. The standard InChI is InChI=1S/C17H20N2O3/c1-3-21-15-8-10-16(11-9-15)22-12-18-17(20)19-14-6-4-13(2)5-7-14/h4-11H,3,12H2,1-2H3,(H2,18,19,20). The summed E-state index contributed by atoms with van der Waals surface area (Å²) >= 11 is 0. The zero-order valence-electron chi connectivity index (χ0n) is 12.8. The fraction of sp³-hybridized carbons (Fsp3) is 0.235. The van der Waals surface area contributed by atoms with E-state index in [9.17, 15) is 4.79 Å². The molecule has 5 nitrogen and oxygen atoms in total. The Hall–Kier alpha value is -2.69. The van der Waals surface area contributed by atoms with E-state index >= 15 is 0 Å². The molecule has 2 N–H and O–H groups in total. The molecule has 2 aromatic rings. The summed E-state index contributed by atoms with van der Waals surface area (Å²) in [5, 5.41) is 5.36. The molecular formula is C17H20N2O3. The predicted molar refractivity (Wildman–Crippen MR) is 86.4 cm³/mol. The van der Waals surface area contributed by atoms with Crippen LogP contribution in [0.2, 0.25) is 0 Å². The van der Waals surface area contributed by atoms with Crippen molar-refractivity contribution < 1.29 is 14.3 Å². The summed E-state index contributed by atoms with van der Waals surface area (Å²) in [6, 6.07) is 14.5. The van der Waals surface area contributed by atoms with Crippen molar-refractivity contribution in [3.8, 4) is 11.5 Å². The minimum Gasteiger partial charge on any atom is -0.494 e. The van der Waals surface area contributed by atoms with Crippen LogP contribution >= 0.6 is 0 Å². The lowest BCUT2D eigenvalue weighted by atomic mass is 10.2. The third kappa shape index (κ3) is 5.01. The van der Waals surface area contributed by atoms with Crippen LogP contribution in [-0.2, 0) is 0 Å². The van der Waals surface area contributed by atoms with Gasteiger partial charge in [0, 0.05) is 5.69 Å².